The highest BCUT2D eigenvalue weighted by Gasteiger charge is 2.36. The van der Waals surface area contributed by atoms with Crippen LogP contribution in [0, 0.1) is 5.82 Å². The molecule has 26 heavy (non-hydrogen) atoms. The fourth-order valence-electron chi connectivity index (χ4n) is 2.41. The summed E-state index contributed by atoms with van der Waals surface area (Å²) in [6, 6.07) is 2.56. The topological polar surface area (TPSA) is 111 Å². The molecule has 2 atom stereocenters. The average Bonchev–Trinajstić information content (AvgIpc) is 2.50. The van der Waals surface area contributed by atoms with Gasteiger partial charge in [-0.3, -0.25) is 14.5 Å². The summed E-state index contributed by atoms with van der Waals surface area (Å²) in [6.45, 7) is 5.06. The Balaban J connectivity index is 2.15. The Morgan fingerprint density at radius 1 is 1.42 bits per heavy atom. The average molecular weight is 367 g/mol. The van der Waals surface area contributed by atoms with Crippen molar-refractivity contribution in [2.24, 2.45) is 5.73 Å². The number of benzene rings is 1. The van der Waals surface area contributed by atoms with Crippen molar-refractivity contribution in [3.05, 3.63) is 24.0 Å². The molecule has 0 saturated carbocycles. The molecule has 1 heterocycles. The van der Waals surface area contributed by atoms with Gasteiger partial charge >= 0.3 is 6.09 Å². The van der Waals surface area contributed by atoms with Gasteiger partial charge in [-0.1, -0.05) is 0 Å². The summed E-state index contributed by atoms with van der Waals surface area (Å²) in [5.74, 6) is -1.63. The van der Waals surface area contributed by atoms with Gasteiger partial charge in [-0.25, -0.2) is 9.18 Å². The molecule has 0 bridgehead atoms. The van der Waals surface area contributed by atoms with Gasteiger partial charge in [-0.05, 0) is 32.9 Å². The van der Waals surface area contributed by atoms with Crippen molar-refractivity contribution >= 4 is 23.6 Å². The van der Waals surface area contributed by atoms with Gasteiger partial charge in [-0.15, -0.1) is 0 Å². The van der Waals surface area contributed by atoms with Crippen molar-refractivity contribution in [1.82, 2.24) is 4.90 Å². The van der Waals surface area contributed by atoms with Crippen molar-refractivity contribution in [3.8, 4) is 5.75 Å². The zero-order valence-corrected chi connectivity index (χ0v) is 15.0. The Labute approximate surface area is 150 Å². The fourth-order valence-corrected chi connectivity index (χ4v) is 2.41. The summed E-state index contributed by atoms with van der Waals surface area (Å²) < 4.78 is 24.0. The number of hydrogen-bond acceptors (Lipinski definition) is 5. The number of nitrogens with zero attached hydrogens (tertiary/aromatic N) is 1. The first-order valence-corrected chi connectivity index (χ1v) is 8.00. The Kier molecular flexibility index (Phi) is 5.38. The second kappa shape index (κ2) is 7.19. The molecule has 142 valence electrons. The summed E-state index contributed by atoms with van der Waals surface area (Å²) in [6.07, 6.45) is -2.00. The first-order valence-electron chi connectivity index (χ1n) is 8.00. The Hall–Kier alpha value is -2.84. The first kappa shape index (κ1) is 19.5. The number of fused-ring (bicyclic) bond motifs is 1. The largest absolute Gasteiger partial charge is 0.478 e. The van der Waals surface area contributed by atoms with E-state index in [2.05, 4.69) is 5.32 Å². The molecule has 2 rings (SSSR count). The predicted molar refractivity (Wildman–Crippen MR) is 91.0 cm³/mol. The van der Waals surface area contributed by atoms with Crippen LogP contribution in [0.15, 0.2) is 18.2 Å². The van der Waals surface area contributed by atoms with Gasteiger partial charge in [-0.2, -0.15) is 0 Å². The van der Waals surface area contributed by atoms with Crippen LogP contribution in [-0.2, 0) is 14.3 Å². The normalized spacial score (nSPS) is 17.4. The molecule has 0 aromatic heterocycles. The van der Waals surface area contributed by atoms with Crippen molar-refractivity contribution in [1.29, 1.82) is 0 Å². The third-order valence-corrected chi connectivity index (χ3v) is 3.68. The van der Waals surface area contributed by atoms with Crippen LogP contribution in [0.2, 0.25) is 0 Å². The van der Waals surface area contributed by atoms with E-state index in [9.17, 15) is 18.8 Å². The molecule has 0 spiro atoms. The Morgan fingerprint density at radius 2 is 2.08 bits per heavy atom. The van der Waals surface area contributed by atoms with Crippen molar-refractivity contribution in [2.75, 3.05) is 12.4 Å². The van der Waals surface area contributed by atoms with Crippen LogP contribution in [0.4, 0.5) is 14.9 Å². The minimum atomic E-state index is -1.12. The number of halogens is 1. The number of rotatable bonds is 4. The van der Waals surface area contributed by atoms with Gasteiger partial charge in [0.05, 0.1) is 5.69 Å². The summed E-state index contributed by atoms with van der Waals surface area (Å²) >= 11 is 0. The highest BCUT2D eigenvalue weighted by molar-refractivity contribution is 5.98. The zero-order valence-electron chi connectivity index (χ0n) is 15.0. The Bertz CT molecular complexity index is 732. The Morgan fingerprint density at radius 3 is 2.65 bits per heavy atom. The summed E-state index contributed by atoms with van der Waals surface area (Å²) in [7, 11) is 1.35. The van der Waals surface area contributed by atoms with Gasteiger partial charge in [0.25, 0.3) is 5.91 Å². The maximum absolute atomic E-state index is 13.2. The van der Waals surface area contributed by atoms with E-state index in [0.29, 0.717) is 0 Å². The molecule has 0 saturated heterocycles. The molecular formula is C17H22FN3O5. The molecular weight excluding hydrogens is 345 g/mol. The maximum Gasteiger partial charge on any atom is 0.410 e. The molecule has 8 nitrogen and oxygen atoms in total. The lowest BCUT2D eigenvalue weighted by molar-refractivity contribution is -0.127. The van der Waals surface area contributed by atoms with Crippen LogP contribution < -0.4 is 15.8 Å². The van der Waals surface area contributed by atoms with Gasteiger partial charge < -0.3 is 20.5 Å². The molecule has 3 N–H and O–H groups in total. The number of ether oxygens (including phenoxy) is 2. The smallest absolute Gasteiger partial charge is 0.410 e. The molecule has 1 unspecified atom stereocenters. The molecule has 0 aliphatic carbocycles. The number of anilines is 1. The lowest BCUT2D eigenvalue weighted by Crippen LogP contribution is -2.51. The van der Waals surface area contributed by atoms with Gasteiger partial charge in [0.15, 0.2) is 6.10 Å². The van der Waals surface area contributed by atoms with Gasteiger partial charge in [0, 0.05) is 19.5 Å². The van der Waals surface area contributed by atoms with Crippen molar-refractivity contribution in [2.45, 2.75) is 44.9 Å². The van der Waals surface area contributed by atoms with Crippen LogP contribution in [0.5, 0.6) is 5.75 Å². The summed E-state index contributed by atoms with van der Waals surface area (Å²) in [5.41, 5.74) is 4.83. The van der Waals surface area contributed by atoms with Crippen molar-refractivity contribution in [3.63, 3.8) is 0 Å². The fraction of sp³-hybridized carbons (Fsp3) is 0.471. The van der Waals surface area contributed by atoms with Crippen molar-refractivity contribution < 1.29 is 28.2 Å². The zero-order chi connectivity index (χ0) is 19.6. The number of carbonyl (C=O) groups excluding carboxylic acids is 3. The maximum atomic E-state index is 13.2. The summed E-state index contributed by atoms with van der Waals surface area (Å²) in [5, 5.41) is 2.51. The molecule has 1 aliphatic rings. The summed E-state index contributed by atoms with van der Waals surface area (Å²) in [4.78, 5) is 37.2. The standard InChI is InChI=1S/C17H22FN3O5/c1-17(2,3)26-16(24)21(4)11(14(19)22)8-13-15(23)20-10-7-9(18)5-6-12(10)25-13/h5-7,11,13H,8H2,1-4H3,(H2,19,22)(H,20,23)/t11?,13-/m0/s1. The number of hydrogen-bond donors (Lipinski definition) is 2. The van der Waals surface area contributed by atoms with E-state index in [-0.39, 0.29) is 17.9 Å². The predicted octanol–water partition coefficient (Wildman–Crippen LogP) is 1.64. The van der Waals surface area contributed by atoms with Crippen LogP contribution in [-0.4, -0.2) is 47.6 Å². The van der Waals surface area contributed by atoms with Crippen LogP contribution >= 0.6 is 0 Å². The van der Waals surface area contributed by atoms with E-state index in [0.717, 1.165) is 11.0 Å². The number of carbonyl (C=O) groups is 3. The van der Waals surface area contributed by atoms with E-state index in [1.807, 2.05) is 0 Å². The second-order valence-electron chi connectivity index (χ2n) is 6.98. The quantitative estimate of drug-likeness (QED) is 0.840. The highest BCUT2D eigenvalue weighted by Crippen LogP contribution is 2.31. The molecule has 0 fully saturated rings. The molecule has 0 radical (unpaired) electrons. The number of amides is 3. The van der Waals surface area contributed by atoms with Gasteiger partial charge in [0.2, 0.25) is 5.91 Å². The number of likely N-dealkylation sites (N-methyl/N-ethyl adjacent to an activating group) is 1. The minimum Gasteiger partial charge on any atom is -0.478 e. The highest BCUT2D eigenvalue weighted by atomic mass is 19.1. The SMILES string of the molecule is CN(C(=O)OC(C)(C)C)C(C[C@@H]1Oc2ccc(F)cc2NC1=O)C(N)=O. The van der Waals surface area contributed by atoms with E-state index in [4.69, 9.17) is 15.2 Å². The number of nitrogens with one attached hydrogen (secondary N) is 1. The van der Waals surface area contributed by atoms with Crippen LogP contribution in [0.1, 0.15) is 27.2 Å². The monoisotopic (exact) mass is 367 g/mol. The molecule has 9 heteroatoms. The van der Waals surface area contributed by atoms with Crippen LogP contribution in [0.3, 0.4) is 0 Å². The molecule has 1 aromatic carbocycles. The lowest BCUT2D eigenvalue weighted by atomic mass is 10.1. The molecule has 3 amide bonds. The van der Waals surface area contributed by atoms with E-state index >= 15 is 0 Å². The number of nitrogens with two attached hydrogens (primary N) is 1. The van der Waals surface area contributed by atoms with E-state index in [1.54, 1.807) is 20.8 Å². The van der Waals surface area contributed by atoms with Crippen LogP contribution in [0.25, 0.3) is 0 Å². The molecule has 1 aromatic rings. The third kappa shape index (κ3) is 4.62. The molecule has 1 aliphatic heterocycles. The minimum absolute atomic E-state index is 0.173. The van der Waals surface area contributed by atoms with Gasteiger partial charge in [0.1, 0.15) is 23.2 Å². The number of primary amides is 1. The second-order valence-corrected chi connectivity index (χ2v) is 6.98. The lowest BCUT2D eigenvalue weighted by Gasteiger charge is -2.32. The van der Waals surface area contributed by atoms with E-state index < -0.39 is 41.5 Å². The first-order chi connectivity index (χ1) is 12.0. The van der Waals surface area contributed by atoms with E-state index in [1.165, 1.54) is 19.2 Å². The third-order valence-electron chi connectivity index (χ3n) is 3.68.